The van der Waals surface area contributed by atoms with Gasteiger partial charge in [-0.3, -0.25) is 4.79 Å². The molecule has 1 atom stereocenters. The predicted octanol–water partition coefficient (Wildman–Crippen LogP) is 2.59. The van der Waals surface area contributed by atoms with Gasteiger partial charge in [-0.2, -0.15) is 0 Å². The van der Waals surface area contributed by atoms with E-state index in [1.165, 1.54) is 6.07 Å². The highest BCUT2D eigenvalue weighted by Crippen LogP contribution is 2.12. The van der Waals surface area contributed by atoms with Crippen LogP contribution in [0.15, 0.2) is 18.2 Å². The zero-order chi connectivity index (χ0) is 12.8. The minimum Gasteiger partial charge on any atom is -0.328 e. The van der Waals surface area contributed by atoms with Crippen LogP contribution in [0.4, 0.5) is 8.78 Å². The van der Waals surface area contributed by atoms with Crippen molar-refractivity contribution in [3.05, 3.63) is 35.4 Å². The molecule has 4 heteroatoms. The van der Waals surface area contributed by atoms with E-state index in [-0.39, 0.29) is 23.8 Å². The van der Waals surface area contributed by atoms with Gasteiger partial charge in [-0.05, 0) is 31.4 Å². The van der Waals surface area contributed by atoms with Crippen molar-refractivity contribution in [3.8, 4) is 0 Å². The van der Waals surface area contributed by atoms with Gasteiger partial charge in [0.15, 0.2) is 0 Å². The van der Waals surface area contributed by atoms with Crippen molar-refractivity contribution < 1.29 is 13.6 Å². The molecular formula is C13H17F2NO. The number of benzene rings is 1. The van der Waals surface area contributed by atoms with Crippen LogP contribution in [0.2, 0.25) is 0 Å². The number of nitrogens with two attached hydrogens (primary N) is 1. The van der Waals surface area contributed by atoms with Gasteiger partial charge in [0, 0.05) is 24.9 Å². The molecule has 0 aliphatic rings. The second kappa shape index (κ2) is 6.45. The largest absolute Gasteiger partial charge is 0.328 e. The van der Waals surface area contributed by atoms with Crippen LogP contribution in [0, 0.1) is 11.6 Å². The van der Waals surface area contributed by atoms with Crippen molar-refractivity contribution in [2.45, 2.75) is 38.6 Å². The Morgan fingerprint density at radius 2 is 2.12 bits per heavy atom. The maximum Gasteiger partial charge on any atom is 0.137 e. The topological polar surface area (TPSA) is 43.1 Å². The Labute approximate surface area is 99.8 Å². The Kier molecular flexibility index (Phi) is 5.22. The second-order valence-electron chi connectivity index (χ2n) is 4.32. The van der Waals surface area contributed by atoms with E-state index in [4.69, 9.17) is 5.73 Å². The summed E-state index contributed by atoms with van der Waals surface area (Å²) in [7, 11) is 0. The molecule has 1 aromatic rings. The Bertz CT molecular complexity index is 391. The highest BCUT2D eigenvalue weighted by atomic mass is 19.1. The fourth-order valence-corrected chi connectivity index (χ4v) is 1.59. The highest BCUT2D eigenvalue weighted by Gasteiger charge is 2.09. The molecule has 1 unspecified atom stereocenters. The van der Waals surface area contributed by atoms with Crippen LogP contribution in [-0.2, 0) is 11.2 Å². The summed E-state index contributed by atoms with van der Waals surface area (Å²) in [5.41, 5.74) is 5.81. The molecule has 0 saturated heterocycles. The number of halogens is 2. The molecule has 1 rings (SSSR count). The maximum atomic E-state index is 13.2. The van der Waals surface area contributed by atoms with E-state index in [1.54, 1.807) is 0 Å². The van der Waals surface area contributed by atoms with Crippen LogP contribution >= 0.6 is 0 Å². The second-order valence-corrected chi connectivity index (χ2v) is 4.32. The maximum absolute atomic E-state index is 13.2. The summed E-state index contributed by atoms with van der Waals surface area (Å²) in [6.45, 7) is 1.88. The van der Waals surface area contributed by atoms with Gasteiger partial charge in [0.1, 0.15) is 17.4 Å². The van der Waals surface area contributed by atoms with E-state index in [0.717, 1.165) is 18.6 Å². The van der Waals surface area contributed by atoms with E-state index in [0.29, 0.717) is 12.8 Å². The fraction of sp³-hybridized carbons (Fsp3) is 0.462. The van der Waals surface area contributed by atoms with Crippen LogP contribution in [0.3, 0.4) is 0 Å². The van der Waals surface area contributed by atoms with Gasteiger partial charge in [-0.25, -0.2) is 8.78 Å². The van der Waals surface area contributed by atoms with Crippen molar-refractivity contribution >= 4 is 5.78 Å². The average molecular weight is 241 g/mol. The molecule has 0 bridgehead atoms. The molecular weight excluding hydrogens is 224 g/mol. The first-order valence-corrected chi connectivity index (χ1v) is 5.70. The number of hydrogen-bond donors (Lipinski definition) is 1. The SMILES string of the molecule is CC(N)CCCC(=O)Cc1ccc(F)cc1F. The molecule has 94 valence electrons. The van der Waals surface area contributed by atoms with Gasteiger partial charge >= 0.3 is 0 Å². The summed E-state index contributed by atoms with van der Waals surface area (Å²) < 4.78 is 25.9. The standard InChI is InChI=1S/C13H17F2NO/c1-9(16)3-2-4-12(17)7-10-5-6-11(14)8-13(10)15/h5-6,8-9H,2-4,7,16H2,1H3. The zero-order valence-electron chi connectivity index (χ0n) is 9.88. The Hall–Kier alpha value is -1.29. The molecule has 17 heavy (non-hydrogen) atoms. The van der Waals surface area contributed by atoms with Crippen LogP contribution in [0.25, 0.3) is 0 Å². The average Bonchev–Trinajstić information content (AvgIpc) is 2.21. The lowest BCUT2D eigenvalue weighted by Crippen LogP contribution is -2.15. The molecule has 0 heterocycles. The normalized spacial score (nSPS) is 12.5. The summed E-state index contributed by atoms with van der Waals surface area (Å²) in [6.07, 6.45) is 1.89. The number of carbonyl (C=O) groups excluding carboxylic acids is 1. The first kappa shape index (κ1) is 13.8. The molecule has 1 aromatic carbocycles. The lowest BCUT2D eigenvalue weighted by Gasteiger charge is -2.05. The summed E-state index contributed by atoms with van der Waals surface area (Å²) in [4.78, 5) is 11.5. The molecule has 0 aliphatic heterocycles. The van der Waals surface area contributed by atoms with E-state index in [1.807, 2.05) is 6.92 Å². The summed E-state index contributed by atoms with van der Waals surface area (Å²) in [6, 6.07) is 3.34. The quantitative estimate of drug-likeness (QED) is 0.831. The lowest BCUT2D eigenvalue weighted by atomic mass is 10.0. The molecule has 0 saturated carbocycles. The number of rotatable bonds is 6. The van der Waals surface area contributed by atoms with Crippen molar-refractivity contribution in [3.63, 3.8) is 0 Å². The molecule has 0 amide bonds. The Morgan fingerprint density at radius 3 is 2.71 bits per heavy atom. The van der Waals surface area contributed by atoms with Crippen molar-refractivity contribution in [2.75, 3.05) is 0 Å². The first-order chi connectivity index (χ1) is 7.99. The van der Waals surface area contributed by atoms with Crippen LogP contribution in [0.5, 0.6) is 0 Å². The first-order valence-electron chi connectivity index (χ1n) is 5.70. The van der Waals surface area contributed by atoms with E-state index < -0.39 is 11.6 Å². The number of ketones is 1. The summed E-state index contributed by atoms with van der Waals surface area (Å²) >= 11 is 0. The summed E-state index contributed by atoms with van der Waals surface area (Å²) in [5.74, 6) is -1.34. The Balaban J connectivity index is 2.45. The summed E-state index contributed by atoms with van der Waals surface area (Å²) in [5, 5.41) is 0. The smallest absolute Gasteiger partial charge is 0.137 e. The van der Waals surface area contributed by atoms with Crippen molar-refractivity contribution in [1.82, 2.24) is 0 Å². The van der Waals surface area contributed by atoms with Gasteiger partial charge in [-0.1, -0.05) is 6.07 Å². The monoisotopic (exact) mass is 241 g/mol. The minimum absolute atomic E-state index is 0.0189. The molecule has 0 aliphatic carbocycles. The molecule has 2 nitrogen and oxygen atoms in total. The van der Waals surface area contributed by atoms with Gasteiger partial charge < -0.3 is 5.73 Å². The molecule has 0 radical (unpaired) electrons. The van der Waals surface area contributed by atoms with Crippen LogP contribution < -0.4 is 5.73 Å². The lowest BCUT2D eigenvalue weighted by molar-refractivity contribution is -0.118. The highest BCUT2D eigenvalue weighted by molar-refractivity contribution is 5.80. The van der Waals surface area contributed by atoms with Crippen molar-refractivity contribution in [2.24, 2.45) is 5.73 Å². The number of carbonyl (C=O) groups is 1. The molecule has 2 N–H and O–H groups in total. The van der Waals surface area contributed by atoms with E-state index in [9.17, 15) is 13.6 Å². The van der Waals surface area contributed by atoms with Gasteiger partial charge in [0.2, 0.25) is 0 Å². The fourth-order valence-electron chi connectivity index (χ4n) is 1.59. The van der Waals surface area contributed by atoms with Gasteiger partial charge in [0.25, 0.3) is 0 Å². The van der Waals surface area contributed by atoms with Gasteiger partial charge in [0.05, 0.1) is 0 Å². The Morgan fingerprint density at radius 1 is 1.41 bits per heavy atom. The van der Waals surface area contributed by atoms with Crippen molar-refractivity contribution in [1.29, 1.82) is 0 Å². The minimum atomic E-state index is -0.662. The molecule has 0 aromatic heterocycles. The predicted molar refractivity (Wildman–Crippen MR) is 62.6 cm³/mol. The molecule has 0 spiro atoms. The third kappa shape index (κ3) is 5.04. The zero-order valence-corrected chi connectivity index (χ0v) is 9.88. The third-order valence-corrected chi connectivity index (χ3v) is 2.52. The van der Waals surface area contributed by atoms with E-state index >= 15 is 0 Å². The number of Topliss-reactive ketones (excluding diaryl/α,β-unsaturated/α-hetero) is 1. The third-order valence-electron chi connectivity index (χ3n) is 2.52. The molecule has 0 fully saturated rings. The van der Waals surface area contributed by atoms with Crippen LogP contribution in [-0.4, -0.2) is 11.8 Å². The number of hydrogen-bond acceptors (Lipinski definition) is 2. The van der Waals surface area contributed by atoms with E-state index in [2.05, 4.69) is 0 Å². The van der Waals surface area contributed by atoms with Crippen LogP contribution in [0.1, 0.15) is 31.7 Å². The van der Waals surface area contributed by atoms with Gasteiger partial charge in [-0.15, -0.1) is 0 Å².